The van der Waals surface area contributed by atoms with Gasteiger partial charge in [0, 0.05) is 18.5 Å². The minimum Gasteiger partial charge on any atom is -0.484 e. The molecule has 0 fully saturated rings. The van der Waals surface area contributed by atoms with Crippen LogP contribution in [-0.2, 0) is 0 Å². The first-order valence-electron chi connectivity index (χ1n) is 5.59. The van der Waals surface area contributed by atoms with Gasteiger partial charge in [-0.25, -0.2) is 4.98 Å². The predicted molar refractivity (Wildman–Crippen MR) is 67.5 cm³/mol. The van der Waals surface area contributed by atoms with E-state index in [1.165, 1.54) is 0 Å². The monoisotopic (exact) mass is 237 g/mol. The minimum atomic E-state index is 0.610. The van der Waals surface area contributed by atoms with E-state index < -0.39 is 0 Å². The Morgan fingerprint density at radius 2 is 2.00 bits per heavy atom. The summed E-state index contributed by atoms with van der Waals surface area (Å²) in [5.41, 5.74) is 5.03. The fourth-order valence-electron chi connectivity index (χ4n) is 1.63. The molecule has 3 rings (SSSR count). The van der Waals surface area contributed by atoms with Crippen molar-refractivity contribution in [3.05, 3.63) is 66.6 Å². The summed E-state index contributed by atoms with van der Waals surface area (Å²) < 4.78 is 0. The molecule has 5 nitrogen and oxygen atoms in total. The van der Waals surface area contributed by atoms with E-state index >= 15 is 0 Å². The average molecular weight is 237 g/mol. The summed E-state index contributed by atoms with van der Waals surface area (Å²) in [6.45, 7) is 0. The van der Waals surface area contributed by atoms with E-state index in [2.05, 4.69) is 20.4 Å². The molecular formula is C13H11N5. The van der Waals surface area contributed by atoms with Crippen molar-refractivity contribution in [3.63, 3.8) is 0 Å². The van der Waals surface area contributed by atoms with Crippen molar-refractivity contribution in [2.75, 3.05) is 0 Å². The summed E-state index contributed by atoms with van der Waals surface area (Å²) in [6.07, 6.45) is 10.9. The van der Waals surface area contributed by atoms with Crippen LogP contribution in [0, 0.1) is 0 Å². The zero-order chi connectivity index (χ0) is 12.2. The van der Waals surface area contributed by atoms with Crippen molar-refractivity contribution >= 4 is 5.82 Å². The number of hydrogen-bond acceptors (Lipinski definition) is 3. The van der Waals surface area contributed by atoms with Crippen LogP contribution >= 0.6 is 0 Å². The van der Waals surface area contributed by atoms with E-state index in [-0.39, 0.29) is 0 Å². The van der Waals surface area contributed by atoms with E-state index in [4.69, 9.17) is 0 Å². The third kappa shape index (κ3) is 2.11. The van der Waals surface area contributed by atoms with Crippen LogP contribution in [0.1, 0.15) is 0 Å². The lowest BCUT2D eigenvalue weighted by Crippen LogP contribution is -2.98. The lowest BCUT2D eigenvalue weighted by molar-refractivity contribution is -0.731. The molecule has 0 radical (unpaired) electrons. The van der Waals surface area contributed by atoms with Crippen LogP contribution in [0.15, 0.2) is 61.2 Å². The van der Waals surface area contributed by atoms with Gasteiger partial charge in [0.15, 0.2) is 5.82 Å². The summed E-state index contributed by atoms with van der Waals surface area (Å²) in [4.78, 5) is 12.9. The van der Waals surface area contributed by atoms with E-state index in [0.29, 0.717) is 5.82 Å². The molecule has 0 amide bonds. The maximum atomic E-state index is 4.48. The Kier molecular flexibility index (Phi) is 2.81. The second-order valence-electron chi connectivity index (χ2n) is 3.70. The largest absolute Gasteiger partial charge is 0.484 e. The number of quaternary nitrogens is 1. The lowest BCUT2D eigenvalue weighted by Gasteiger charge is -2.25. The zero-order valence-corrected chi connectivity index (χ0v) is 9.56. The Morgan fingerprint density at radius 3 is 2.78 bits per heavy atom. The van der Waals surface area contributed by atoms with E-state index in [9.17, 15) is 0 Å². The Balaban J connectivity index is 1.94. The molecule has 1 atom stereocenters. The van der Waals surface area contributed by atoms with Crippen LogP contribution in [0.3, 0.4) is 0 Å². The van der Waals surface area contributed by atoms with Gasteiger partial charge < -0.3 is 10.4 Å². The molecule has 1 N–H and O–H groups in total. The molecule has 0 aromatic carbocycles. The summed E-state index contributed by atoms with van der Waals surface area (Å²) >= 11 is 0. The highest BCUT2D eigenvalue weighted by molar-refractivity contribution is 5.49. The Hall–Kier alpha value is -2.53. The highest BCUT2D eigenvalue weighted by Crippen LogP contribution is 2.11. The molecule has 1 aliphatic rings. The fourth-order valence-corrected chi connectivity index (χ4v) is 1.63. The number of hydrogen-bond donors (Lipinski definition) is 1. The van der Waals surface area contributed by atoms with Gasteiger partial charge in [-0.2, -0.15) is 4.98 Å². The molecule has 18 heavy (non-hydrogen) atoms. The smallest absolute Gasteiger partial charge is 0.229 e. The van der Waals surface area contributed by atoms with Gasteiger partial charge in [0.2, 0.25) is 5.82 Å². The molecule has 2 aromatic heterocycles. The molecule has 1 aliphatic heterocycles. The van der Waals surface area contributed by atoms with Crippen LogP contribution in [-0.4, -0.2) is 15.0 Å². The number of aromatic nitrogens is 3. The van der Waals surface area contributed by atoms with Crippen LogP contribution in [0.25, 0.3) is 16.9 Å². The first-order chi connectivity index (χ1) is 8.93. The van der Waals surface area contributed by atoms with E-state index in [1.807, 2.05) is 42.6 Å². The quantitative estimate of drug-likeness (QED) is 0.858. The van der Waals surface area contributed by atoms with Crippen LogP contribution in [0.5, 0.6) is 0 Å². The molecular weight excluding hydrogens is 226 g/mol. The SMILES string of the molecule is C1=C[N-][NH+](c2ccnc(-c3ccccn3)n2)C=C1. The second-order valence-corrected chi connectivity index (χ2v) is 3.70. The topological polar surface area (TPSA) is 57.2 Å². The maximum absolute atomic E-state index is 4.48. The minimum absolute atomic E-state index is 0.610. The third-order valence-corrected chi connectivity index (χ3v) is 2.48. The van der Waals surface area contributed by atoms with Crippen molar-refractivity contribution in [2.45, 2.75) is 0 Å². The number of rotatable bonds is 2. The Labute approximate surface area is 105 Å². The van der Waals surface area contributed by atoms with Gasteiger partial charge in [0.1, 0.15) is 5.69 Å². The second kappa shape index (κ2) is 4.77. The highest BCUT2D eigenvalue weighted by Gasteiger charge is 2.08. The summed E-state index contributed by atoms with van der Waals surface area (Å²) in [7, 11) is 0. The molecule has 2 aromatic rings. The summed E-state index contributed by atoms with van der Waals surface area (Å²) in [5, 5.41) is 0.831. The van der Waals surface area contributed by atoms with Crippen LogP contribution in [0.4, 0.5) is 5.82 Å². The number of allylic oxidation sites excluding steroid dienone is 2. The molecule has 88 valence electrons. The van der Waals surface area contributed by atoms with Gasteiger partial charge in [-0.1, -0.05) is 12.1 Å². The standard InChI is InChI=1S/C13H11N5/c1-2-7-14-11(5-1)13-15-9-6-12(17-13)18-10-4-3-8-16-18/h1-10,18H. The van der Waals surface area contributed by atoms with Crippen LogP contribution in [0.2, 0.25) is 0 Å². The molecule has 3 heterocycles. The predicted octanol–water partition coefficient (Wildman–Crippen LogP) is 1.38. The zero-order valence-electron chi connectivity index (χ0n) is 9.56. The Bertz CT molecular complexity index is 591. The third-order valence-electron chi connectivity index (χ3n) is 2.48. The first kappa shape index (κ1) is 10.6. The fraction of sp³-hybridized carbons (Fsp3) is 0. The molecule has 0 spiro atoms. The van der Waals surface area contributed by atoms with Gasteiger partial charge >= 0.3 is 0 Å². The number of nitrogens with one attached hydrogen (secondary N) is 1. The molecule has 1 unspecified atom stereocenters. The van der Waals surface area contributed by atoms with Crippen molar-refractivity contribution < 1.29 is 5.01 Å². The molecule has 0 saturated heterocycles. The molecule has 5 heteroatoms. The van der Waals surface area contributed by atoms with Crippen molar-refractivity contribution in [2.24, 2.45) is 0 Å². The highest BCUT2D eigenvalue weighted by atomic mass is 15.5. The number of nitrogens with zero attached hydrogens (tertiary/aromatic N) is 4. The molecule has 0 bridgehead atoms. The van der Waals surface area contributed by atoms with Crippen molar-refractivity contribution in [3.8, 4) is 11.5 Å². The average Bonchev–Trinajstić information content (AvgIpc) is 2.49. The summed E-state index contributed by atoms with van der Waals surface area (Å²) in [6, 6.07) is 7.51. The molecule has 0 saturated carbocycles. The summed E-state index contributed by atoms with van der Waals surface area (Å²) in [5.74, 6) is 1.41. The molecule has 0 aliphatic carbocycles. The van der Waals surface area contributed by atoms with Gasteiger partial charge in [-0.15, -0.1) is 6.20 Å². The van der Waals surface area contributed by atoms with Crippen molar-refractivity contribution in [1.82, 2.24) is 15.0 Å². The van der Waals surface area contributed by atoms with Gasteiger partial charge in [0.05, 0.1) is 6.20 Å². The lowest BCUT2D eigenvalue weighted by atomic mass is 10.3. The normalized spacial score (nSPS) is 17.4. The van der Waals surface area contributed by atoms with E-state index in [1.54, 1.807) is 18.6 Å². The van der Waals surface area contributed by atoms with Crippen LogP contribution < -0.4 is 5.01 Å². The van der Waals surface area contributed by atoms with Gasteiger partial charge in [-0.05, 0) is 18.2 Å². The maximum Gasteiger partial charge on any atom is 0.229 e. The van der Waals surface area contributed by atoms with E-state index in [0.717, 1.165) is 16.5 Å². The van der Waals surface area contributed by atoms with Gasteiger partial charge in [0.25, 0.3) is 0 Å². The van der Waals surface area contributed by atoms with Crippen molar-refractivity contribution in [1.29, 1.82) is 0 Å². The van der Waals surface area contributed by atoms with Gasteiger partial charge in [-0.3, -0.25) is 4.98 Å². The first-order valence-corrected chi connectivity index (χ1v) is 5.59. The number of pyridine rings is 1. The Morgan fingerprint density at radius 1 is 1.00 bits per heavy atom.